The number of benzene rings is 1. The molecule has 4 heterocycles. The summed E-state index contributed by atoms with van der Waals surface area (Å²) in [5.74, 6) is -7.07. The van der Waals surface area contributed by atoms with Crippen LogP contribution in [0.5, 0.6) is 5.75 Å². The van der Waals surface area contributed by atoms with Gasteiger partial charge in [-0.25, -0.2) is 4.79 Å². The van der Waals surface area contributed by atoms with Crippen molar-refractivity contribution in [3.8, 4) is 5.75 Å². The highest BCUT2D eigenvalue weighted by Crippen LogP contribution is 2.45. The van der Waals surface area contributed by atoms with Gasteiger partial charge >= 0.3 is 11.9 Å². The third-order valence-corrected chi connectivity index (χ3v) is 13.3. The van der Waals surface area contributed by atoms with Crippen LogP contribution in [0.3, 0.4) is 0 Å². The Labute approximate surface area is 353 Å². The third kappa shape index (κ3) is 9.40. The first-order valence-electron chi connectivity index (χ1n) is 21.1. The first-order valence-corrected chi connectivity index (χ1v) is 21.1. The summed E-state index contributed by atoms with van der Waals surface area (Å²) in [7, 11) is 6.74. The van der Waals surface area contributed by atoms with Gasteiger partial charge in [-0.15, -0.1) is 0 Å². The summed E-state index contributed by atoms with van der Waals surface area (Å²) in [5, 5.41) is 15.2. The SMILES string of the molecule is CC[C@H]1OC(=O)[C@H](C)C(=O)[C@H](C)[C@@H](O[C@@H]2O[C@H](C)C[C@H](N(C)C)[C@H]2O)[C@](C)(OC)C[C@@H](C)C(=O)[C@H](C)[C@H]2C(NC(=O)CCc3cnc4c(OC)cccc4c3)C(=O)O[C@@]21C. The maximum absolute atomic E-state index is 14.7. The Kier molecular flexibility index (Phi) is 14.8. The number of cyclic esters (lactones) is 1. The summed E-state index contributed by atoms with van der Waals surface area (Å²) in [6, 6.07) is 5.95. The summed E-state index contributed by atoms with van der Waals surface area (Å²) in [4.78, 5) is 77.1. The van der Waals surface area contributed by atoms with Crippen LogP contribution >= 0.6 is 0 Å². The number of Topliss-reactive ketones (excluding diaryl/α,β-unsaturated/α-hetero) is 2. The molecule has 15 nitrogen and oxygen atoms in total. The lowest BCUT2D eigenvalue weighted by Crippen LogP contribution is -2.59. The van der Waals surface area contributed by atoms with Crippen LogP contribution in [0.25, 0.3) is 10.9 Å². The fourth-order valence-electron chi connectivity index (χ4n) is 9.77. The third-order valence-electron chi connectivity index (χ3n) is 13.3. The van der Waals surface area contributed by atoms with Crippen molar-refractivity contribution in [2.45, 2.75) is 141 Å². The number of hydrogen-bond donors (Lipinski definition) is 2. The van der Waals surface area contributed by atoms with Crippen molar-refractivity contribution < 1.29 is 57.5 Å². The number of ether oxygens (including phenoxy) is 6. The monoisotopic (exact) mass is 839 g/mol. The number of rotatable bonds is 10. The predicted octanol–water partition coefficient (Wildman–Crippen LogP) is 4.22. The first kappa shape index (κ1) is 47.0. The van der Waals surface area contributed by atoms with Crippen LogP contribution in [0, 0.1) is 29.6 Å². The number of aromatic nitrogens is 1. The molecular weight excluding hydrogens is 775 g/mol. The average Bonchev–Trinajstić information content (AvgIpc) is 3.47. The number of ketones is 2. The van der Waals surface area contributed by atoms with Crippen LogP contribution in [0.2, 0.25) is 0 Å². The number of pyridine rings is 1. The minimum absolute atomic E-state index is 0.00809. The Bertz CT molecular complexity index is 1910. The topological polar surface area (TPSA) is 189 Å². The van der Waals surface area contributed by atoms with Crippen molar-refractivity contribution in [3.63, 3.8) is 0 Å². The molecule has 2 N–H and O–H groups in total. The maximum Gasteiger partial charge on any atom is 0.329 e. The van der Waals surface area contributed by atoms with Gasteiger partial charge in [-0.2, -0.15) is 0 Å². The molecule has 60 heavy (non-hydrogen) atoms. The van der Waals surface area contributed by atoms with Gasteiger partial charge in [0.25, 0.3) is 0 Å². The van der Waals surface area contributed by atoms with Gasteiger partial charge in [0.15, 0.2) is 17.7 Å². The van der Waals surface area contributed by atoms with Gasteiger partial charge in [-0.1, -0.05) is 39.8 Å². The number of hydrogen-bond acceptors (Lipinski definition) is 14. The van der Waals surface area contributed by atoms with E-state index in [4.69, 9.17) is 28.4 Å². The van der Waals surface area contributed by atoms with Gasteiger partial charge in [0.1, 0.15) is 41.2 Å². The number of methoxy groups -OCH3 is 2. The number of amides is 1. The quantitative estimate of drug-likeness (QED) is 0.256. The summed E-state index contributed by atoms with van der Waals surface area (Å²) >= 11 is 0. The second kappa shape index (κ2) is 18.9. The van der Waals surface area contributed by atoms with Crippen molar-refractivity contribution >= 4 is 40.3 Å². The number of nitrogens with one attached hydrogen (secondary N) is 1. The minimum Gasteiger partial charge on any atom is -0.494 e. The molecule has 3 aliphatic heterocycles. The zero-order valence-electron chi connectivity index (χ0n) is 37.2. The number of fused-ring (bicyclic) bond motifs is 2. The molecule has 3 fully saturated rings. The van der Waals surface area contributed by atoms with Crippen LogP contribution in [-0.2, 0) is 54.1 Å². The van der Waals surface area contributed by atoms with E-state index in [0.29, 0.717) is 24.1 Å². The van der Waals surface area contributed by atoms with E-state index in [2.05, 4.69) is 10.3 Å². The Morgan fingerprint density at radius 3 is 2.35 bits per heavy atom. The van der Waals surface area contributed by atoms with Gasteiger partial charge in [-0.05, 0) is 85.2 Å². The molecule has 14 atom stereocenters. The van der Waals surface area contributed by atoms with Crippen molar-refractivity contribution in [3.05, 3.63) is 36.0 Å². The molecule has 0 bridgehead atoms. The van der Waals surface area contributed by atoms with E-state index < -0.39 is 95.1 Å². The molecule has 1 amide bonds. The normalized spacial score (nSPS) is 37.0. The second-order valence-electron chi connectivity index (χ2n) is 17.7. The Morgan fingerprint density at radius 2 is 1.72 bits per heavy atom. The van der Waals surface area contributed by atoms with Crippen LogP contribution in [-0.4, -0.2) is 127 Å². The molecule has 332 valence electrons. The van der Waals surface area contributed by atoms with Crippen molar-refractivity contribution in [2.24, 2.45) is 29.6 Å². The number of carbonyl (C=O) groups excluding carboxylic acids is 5. The lowest BCUT2D eigenvalue weighted by atomic mass is 9.69. The number of esters is 2. The molecule has 5 rings (SSSR count). The lowest BCUT2D eigenvalue weighted by molar-refractivity contribution is -0.295. The fraction of sp³-hybridized carbons (Fsp3) is 0.689. The van der Waals surface area contributed by atoms with Gasteiger partial charge in [0, 0.05) is 54.8 Å². The van der Waals surface area contributed by atoms with Crippen LogP contribution in [0.15, 0.2) is 30.5 Å². The second-order valence-corrected chi connectivity index (χ2v) is 17.7. The van der Waals surface area contributed by atoms with Gasteiger partial charge < -0.3 is 43.7 Å². The number of carbonyl (C=O) groups is 5. The zero-order chi connectivity index (χ0) is 44.4. The average molecular weight is 840 g/mol. The molecule has 0 spiro atoms. The van der Waals surface area contributed by atoms with Crippen molar-refractivity contribution in [2.75, 3.05) is 28.3 Å². The highest BCUT2D eigenvalue weighted by Gasteiger charge is 2.62. The lowest BCUT2D eigenvalue weighted by Gasteiger charge is -2.47. The minimum atomic E-state index is -1.56. The number of aliphatic hydroxyl groups is 1. The van der Waals surface area contributed by atoms with Crippen LogP contribution < -0.4 is 10.1 Å². The van der Waals surface area contributed by atoms with Gasteiger partial charge in [0.05, 0.1) is 24.9 Å². The van der Waals surface area contributed by atoms with Crippen LogP contribution in [0.4, 0.5) is 0 Å². The predicted molar refractivity (Wildman–Crippen MR) is 221 cm³/mol. The highest BCUT2D eigenvalue weighted by atomic mass is 16.7. The van der Waals surface area contributed by atoms with Gasteiger partial charge in [0.2, 0.25) is 5.91 Å². The van der Waals surface area contributed by atoms with E-state index in [1.54, 1.807) is 54.8 Å². The number of para-hydroxylation sites is 1. The van der Waals surface area contributed by atoms with E-state index in [1.165, 1.54) is 14.0 Å². The van der Waals surface area contributed by atoms with Crippen LogP contribution in [0.1, 0.15) is 86.6 Å². The molecule has 0 radical (unpaired) electrons. The fourth-order valence-corrected chi connectivity index (χ4v) is 9.77. The van der Waals surface area contributed by atoms with E-state index >= 15 is 0 Å². The first-order chi connectivity index (χ1) is 28.2. The number of nitrogens with zero attached hydrogens (tertiary/aromatic N) is 2. The molecule has 2 aromatic rings. The molecule has 3 aliphatic rings. The largest absolute Gasteiger partial charge is 0.494 e. The molecular formula is C45H65N3O12. The molecule has 0 saturated carbocycles. The van der Waals surface area contributed by atoms with Crippen molar-refractivity contribution in [1.82, 2.24) is 15.2 Å². The summed E-state index contributed by atoms with van der Waals surface area (Å²) in [6.45, 7) is 13.5. The molecule has 1 aromatic heterocycles. The maximum atomic E-state index is 14.7. The summed E-state index contributed by atoms with van der Waals surface area (Å²) in [5.41, 5.74) is -1.39. The summed E-state index contributed by atoms with van der Waals surface area (Å²) < 4.78 is 36.4. The number of likely N-dealkylation sites (N-methyl/N-ethyl adjacent to an activating group) is 1. The smallest absolute Gasteiger partial charge is 0.329 e. The number of aliphatic hydroxyl groups excluding tert-OH is 1. The van der Waals surface area contributed by atoms with E-state index in [-0.39, 0.29) is 37.2 Å². The van der Waals surface area contributed by atoms with E-state index in [0.717, 1.165) is 10.9 Å². The molecule has 0 aliphatic carbocycles. The molecule has 3 saturated heterocycles. The zero-order valence-corrected chi connectivity index (χ0v) is 37.2. The van der Waals surface area contributed by atoms with Gasteiger partial charge in [-0.3, -0.25) is 24.2 Å². The van der Waals surface area contributed by atoms with Crippen molar-refractivity contribution in [1.29, 1.82) is 0 Å². The Morgan fingerprint density at radius 1 is 1.02 bits per heavy atom. The molecule has 1 aromatic carbocycles. The molecule has 1 unspecified atom stereocenters. The molecule has 15 heteroatoms. The standard InChI is InChI=1S/C45H65N3O12/c1-13-32-45(8)34(36(42(54)60-45)47-33(49)18-17-28-20-29-15-14-16-31(55-11)35(29)46-22-28)25(4)37(50)23(2)21-44(7,56-12)40(26(5)38(51)27(6)41(53)58-32)59-43-39(52)30(48(9)10)19-24(3)57-43/h14-16,20,22-27,30,32,34,36,39-40,43,52H,13,17-19,21H2,1-12H3,(H,47,49)/t23-,24-,25-,26+,27-,30+,32-,34+,36?,39-,40-,43+,44-,45-/m1/s1. The van der Waals surface area contributed by atoms with E-state index in [9.17, 15) is 29.1 Å². The Hall–Kier alpha value is -4.02. The Balaban J connectivity index is 1.47. The number of aryl methyl sites for hydroxylation is 1. The van der Waals surface area contributed by atoms with E-state index in [1.807, 2.05) is 50.2 Å². The summed E-state index contributed by atoms with van der Waals surface area (Å²) in [6.07, 6.45) is -1.91. The highest BCUT2D eigenvalue weighted by molar-refractivity contribution is 6.00.